The second-order valence-electron chi connectivity index (χ2n) is 12.5. The maximum Gasteiger partial charge on any atom is 0.308 e. The number of esters is 2. The van der Waals surface area contributed by atoms with E-state index >= 15 is 0 Å². The lowest BCUT2D eigenvalue weighted by Gasteiger charge is -2.31. The fourth-order valence-corrected chi connectivity index (χ4v) is 3.38. The van der Waals surface area contributed by atoms with Crippen LogP contribution in [0.5, 0.6) is 0 Å². The van der Waals surface area contributed by atoms with Gasteiger partial charge in [-0.2, -0.15) is 0 Å². The van der Waals surface area contributed by atoms with Crippen molar-refractivity contribution >= 4 is 11.9 Å². The maximum absolute atomic E-state index is 12.3. The van der Waals surface area contributed by atoms with E-state index < -0.39 is 30.3 Å². The SMILES string of the molecule is CC(C)CCOC(C)(CCC(=O)OCOC(=O)CCC(C)(OCCC(C)C)OCCC(C)C)OCCC(C)C. The number of rotatable bonds is 24. The standard InChI is InChI=1S/C31H60O8/c1-24(2)13-19-36-30(9,37-20-14-25(3)4)17-11-28(32)34-23-35-29(33)12-18-31(10,38-21-15-26(5)6)39-22-16-27(7)8/h24-27H,11-23H2,1-10H3. The molecule has 0 aliphatic carbocycles. The Labute approximate surface area is 239 Å². The van der Waals surface area contributed by atoms with Gasteiger partial charge in [0.15, 0.2) is 11.6 Å². The van der Waals surface area contributed by atoms with Gasteiger partial charge in [0, 0.05) is 12.8 Å². The highest BCUT2D eigenvalue weighted by molar-refractivity contribution is 5.71. The van der Waals surface area contributed by atoms with Crippen LogP contribution < -0.4 is 0 Å². The molecule has 0 fully saturated rings. The van der Waals surface area contributed by atoms with Gasteiger partial charge < -0.3 is 28.4 Å². The van der Waals surface area contributed by atoms with Gasteiger partial charge in [-0.3, -0.25) is 9.59 Å². The summed E-state index contributed by atoms with van der Waals surface area (Å²) in [5.74, 6) is -0.604. The molecule has 8 nitrogen and oxygen atoms in total. The lowest BCUT2D eigenvalue weighted by atomic mass is 10.1. The number of hydrogen-bond donors (Lipinski definition) is 0. The van der Waals surface area contributed by atoms with Gasteiger partial charge in [-0.05, 0) is 63.2 Å². The Morgan fingerprint density at radius 3 is 1.00 bits per heavy atom. The molecule has 0 aromatic heterocycles. The fraction of sp³-hybridized carbons (Fsp3) is 0.935. The number of carbonyl (C=O) groups is 2. The molecule has 232 valence electrons. The van der Waals surface area contributed by atoms with Gasteiger partial charge in [0.05, 0.1) is 39.3 Å². The normalized spacial score (nSPS) is 12.7. The number of ether oxygens (including phenoxy) is 6. The van der Waals surface area contributed by atoms with Crippen molar-refractivity contribution in [2.45, 2.75) is 132 Å². The second-order valence-corrected chi connectivity index (χ2v) is 12.5. The highest BCUT2D eigenvalue weighted by Crippen LogP contribution is 2.24. The monoisotopic (exact) mass is 560 g/mol. The van der Waals surface area contributed by atoms with E-state index in [2.05, 4.69) is 55.4 Å². The van der Waals surface area contributed by atoms with Crippen LogP contribution >= 0.6 is 0 Å². The zero-order chi connectivity index (χ0) is 29.9. The molecule has 39 heavy (non-hydrogen) atoms. The fourth-order valence-electron chi connectivity index (χ4n) is 3.38. The quantitative estimate of drug-likeness (QED) is 0.0899. The summed E-state index contributed by atoms with van der Waals surface area (Å²) in [5.41, 5.74) is 0. The van der Waals surface area contributed by atoms with Crippen LogP contribution in [-0.4, -0.2) is 56.7 Å². The third-order valence-corrected chi connectivity index (χ3v) is 6.42. The molecule has 0 unspecified atom stereocenters. The topological polar surface area (TPSA) is 89.5 Å². The third-order valence-electron chi connectivity index (χ3n) is 6.42. The van der Waals surface area contributed by atoms with Crippen molar-refractivity contribution in [3.8, 4) is 0 Å². The van der Waals surface area contributed by atoms with E-state index in [9.17, 15) is 9.59 Å². The molecule has 8 heteroatoms. The summed E-state index contributed by atoms with van der Waals surface area (Å²) in [7, 11) is 0. The zero-order valence-electron chi connectivity index (χ0n) is 26.8. The molecule has 0 saturated carbocycles. The zero-order valence-corrected chi connectivity index (χ0v) is 26.8. The average molecular weight is 561 g/mol. The summed E-state index contributed by atoms with van der Waals surface area (Å²) < 4.78 is 34.4. The summed E-state index contributed by atoms with van der Waals surface area (Å²) in [4.78, 5) is 24.7. The van der Waals surface area contributed by atoms with E-state index in [1.165, 1.54) is 0 Å². The maximum atomic E-state index is 12.3. The molecule has 0 heterocycles. The van der Waals surface area contributed by atoms with Crippen molar-refractivity contribution < 1.29 is 38.0 Å². The van der Waals surface area contributed by atoms with Crippen molar-refractivity contribution in [2.24, 2.45) is 23.7 Å². The lowest BCUT2D eigenvalue weighted by molar-refractivity contribution is -0.234. The first-order valence-corrected chi connectivity index (χ1v) is 15.0. The van der Waals surface area contributed by atoms with Crippen LogP contribution in [0.3, 0.4) is 0 Å². The van der Waals surface area contributed by atoms with Gasteiger partial charge in [-0.15, -0.1) is 0 Å². The van der Waals surface area contributed by atoms with Crippen LogP contribution in [0.2, 0.25) is 0 Å². The molecule has 0 N–H and O–H groups in total. The summed E-state index contributed by atoms with van der Waals surface area (Å²) in [6, 6.07) is 0. The van der Waals surface area contributed by atoms with Gasteiger partial charge in [0.2, 0.25) is 6.79 Å². The van der Waals surface area contributed by atoms with E-state index in [4.69, 9.17) is 28.4 Å². The predicted octanol–water partition coefficient (Wildman–Crippen LogP) is 7.27. The minimum Gasteiger partial charge on any atom is -0.428 e. The molecule has 0 atom stereocenters. The van der Waals surface area contributed by atoms with Crippen molar-refractivity contribution in [2.75, 3.05) is 33.2 Å². The Kier molecular flexibility index (Phi) is 20.0. The molecule has 0 aromatic carbocycles. The first kappa shape index (κ1) is 37.8. The average Bonchev–Trinajstić information content (AvgIpc) is 2.81. The van der Waals surface area contributed by atoms with Crippen LogP contribution in [0.15, 0.2) is 0 Å². The van der Waals surface area contributed by atoms with Gasteiger partial charge in [-0.1, -0.05) is 55.4 Å². The molecule has 0 amide bonds. The van der Waals surface area contributed by atoms with Crippen molar-refractivity contribution in [3.05, 3.63) is 0 Å². The van der Waals surface area contributed by atoms with Gasteiger partial charge in [0.1, 0.15) is 0 Å². The van der Waals surface area contributed by atoms with Gasteiger partial charge >= 0.3 is 11.9 Å². The van der Waals surface area contributed by atoms with Crippen LogP contribution in [0.1, 0.15) is 121 Å². The molecule has 0 rings (SSSR count). The first-order chi connectivity index (χ1) is 18.2. The smallest absolute Gasteiger partial charge is 0.308 e. The van der Waals surface area contributed by atoms with E-state index in [0.29, 0.717) is 62.9 Å². The minimum atomic E-state index is -0.866. The molecule has 0 aliphatic heterocycles. The largest absolute Gasteiger partial charge is 0.428 e. The molecular formula is C31H60O8. The van der Waals surface area contributed by atoms with Crippen molar-refractivity contribution in [1.82, 2.24) is 0 Å². The molecule has 0 spiro atoms. The number of carbonyl (C=O) groups excluding carboxylic acids is 2. The summed E-state index contributed by atoms with van der Waals surface area (Å²) in [6.45, 7) is 22.7. The Bertz CT molecular complexity index is 563. The molecule has 0 aliphatic rings. The Morgan fingerprint density at radius 2 is 0.769 bits per heavy atom. The Hall–Kier alpha value is -1.22. The molecular weight excluding hydrogens is 500 g/mol. The van der Waals surface area contributed by atoms with Gasteiger partial charge in [0.25, 0.3) is 0 Å². The molecule has 0 aromatic rings. The highest BCUT2D eigenvalue weighted by atomic mass is 16.7. The van der Waals surface area contributed by atoms with Crippen LogP contribution in [0.4, 0.5) is 0 Å². The molecule has 0 bridgehead atoms. The summed E-state index contributed by atoms with van der Waals surface area (Å²) in [5, 5.41) is 0. The number of hydrogen-bond acceptors (Lipinski definition) is 8. The highest BCUT2D eigenvalue weighted by Gasteiger charge is 2.29. The van der Waals surface area contributed by atoms with Crippen molar-refractivity contribution in [3.63, 3.8) is 0 Å². The van der Waals surface area contributed by atoms with E-state index in [1.807, 2.05) is 13.8 Å². The van der Waals surface area contributed by atoms with Crippen LogP contribution in [0.25, 0.3) is 0 Å². The van der Waals surface area contributed by atoms with Crippen LogP contribution in [-0.2, 0) is 38.0 Å². The predicted molar refractivity (Wildman–Crippen MR) is 154 cm³/mol. The van der Waals surface area contributed by atoms with Gasteiger partial charge in [-0.25, -0.2) is 0 Å². The van der Waals surface area contributed by atoms with E-state index in [0.717, 1.165) is 25.7 Å². The first-order valence-electron chi connectivity index (χ1n) is 15.0. The summed E-state index contributed by atoms with van der Waals surface area (Å²) in [6.07, 6.45) is 4.56. The van der Waals surface area contributed by atoms with Crippen molar-refractivity contribution in [1.29, 1.82) is 0 Å². The lowest BCUT2D eigenvalue weighted by Crippen LogP contribution is -2.35. The minimum absolute atomic E-state index is 0.100. The van der Waals surface area contributed by atoms with Crippen LogP contribution in [0, 0.1) is 23.7 Å². The molecule has 0 saturated heterocycles. The Morgan fingerprint density at radius 1 is 0.513 bits per heavy atom. The van der Waals surface area contributed by atoms with E-state index in [1.54, 1.807) is 0 Å². The molecule has 0 radical (unpaired) electrons. The Balaban J connectivity index is 4.59. The second kappa shape index (κ2) is 20.6. The summed E-state index contributed by atoms with van der Waals surface area (Å²) >= 11 is 0. The van der Waals surface area contributed by atoms with E-state index in [-0.39, 0.29) is 12.8 Å². The third kappa shape index (κ3) is 22.2.